The second-order valence-corrected chi connectivity index (χ2v) is 9.37. The quantitative estimate of drug-likeness (QED) is 0.511. The number of carbonyl (C=O) groups excluding carboxylic acids is 2. The molecule has 0 radical (unpaired) electrons. The van der Waals surface area contributed by atoms with Crippen LogP contribution in [0.25, 0.3) is 0 Å². The minimum atomic E-state index is -0.553. The Morgan fingerprint density at radius 1 is 1.15 bits per heavy atom. The molecule has 6 heteroatoms. The van der Waals surface area contributed by atoms with Crippen LogP contribution in [0, 0.1) is 0 Å². The lowest BCUT2D eigenvalue weighted by Gasteiger charge is -2.37. The lowest BCUT2D eigenvalue weighted by molar-refractivity contribution is -0.144. The second kappa shape index (κ2) is 10.1. The fourth-order valence-corrected chi connectivity index (χ4v) is 4.95. The number of ketones is 1. The van der Waals surface area contributed by atoms with Gasteiger partial charge >= 0.3 is 5.97 Å². The summed E-state index contributed by atoms with van der Waals surface area (Å²) in [5.74, 6) is -0.269. The number of esters is 1. The Hall–Kier alpha value is -3.05. The van der Waals surface area contributed by atoms with Crippen molar-refractivity contribution in [3.05, 3.63) is 87.2 Å². The van der Waals surface area contributed by atoms with E-state index in [-0.39, 0.29) is 17.8 Å². The monoisotopic (exact) mass is 479 g/mol. The van der Waals surface area contributed by atoms with Gasteiger partial charge in [-0.3, -0.25) is 4.79 Å². The minimum absolute atomic E-state index is 0.0194. The molecule has 0 amide bonds. The molecule has 2 aromatic carbocycles. The number of Topliss-reactive ketones (excluding diaryl/α,β-unsaturated/α-hetero) is 1. The zero-order valence-electron chi connectivity index (χ0n) is 20.0. The van der Waals surface area contributed by atoms with Gasteiger partial charge in [0.05, 0.1) is 24.7 Å². The molecule has 0 aromatic heterocycles. The summed E-state index contributed by atoms with van der Waals surface area (Å²) >= 11 is 6.07. The Balaban J connectivity index is 1.81. The lowest BCUT2D eigenvalue weighted by atomic mass is 9.71. The predicted molar refractivity (Wildman–Crippen MR) is 133 cm³/mol. The molecule has 178 valence electrons. The van der Waals surface area contributed by atoms with Crippen molar-refractivity contribution in [3.63, 3.8) is 0 Å². The molecule has 34 heavy (non-hydrogen) atoms. The number of benzene rings is 2. The third-order valence-electron chi connectivity index (χ3n) is 6.72. The highest BCUT2D eigenvalue weighted by molar-refractivity contribution is 6.30. The van der Waals surface area contributed by atoms with Gasteiger partial charge in [0.1, 0.15) is 5.75 Å². The Labute approximate surface area is 205 Å². The number of methoxy groups -OCH3 is 1. The van der Waals surface area contributed by atoms with Gasteiger partial charge in [0.25, 0.3) is 0 Å². The van der Waals surface area contributed by atoms with E-state index < -0.39 is 11.9 Å². The molecule has 4 rings (SSSR count). The first-order valence-corrected chi connectivity index (χ1v) is 12.0. The Bertz CT molecular complexity index is 1170. The van der Waals surface area contributed by atoms with E-state index in [0.717, 1.165) is 16.8 Å². The Morgan fingerprint density at radius 3 is 2.53 bits per heavy atom. The van der Waals surface area contributed by atoms with Crippen molar-refractivity contribution in [2.75, 3.05) is 7.11 Å². The van der Waals surface area contributed by atoms with E-state index in [4.69, 9.17) is 21.1 Å². The van der Waals surface area contributed by atoms with Crippen LogP contribution in [0.1, 0.15) is 63.0 Å². The summed E-state index contributed by atoms with van der Waals surface area (Å²) in [6, 6.07) is 15.2. The van der Waals surface area contributed by atoms with Crippen LogP contribution >= 0.6 is 11.6 Å². The third kappa shape index (κ3) is 4.62. The molecular weight excluding hydrogens is 450 g/mol. The number of hydrogen-bond acceptors (Lipinski definition) is 5. The molecule has 0 fully saturated rings. The van der Waals surface area contributed by atoms with Gasteiger partial charge in [0.2, 0.25) is 0 Å². The van der Waals surface area contributed by atoms with Crippen molar-refractivity contribution in [1.29, 1.82) is 0 Å². The van der Waals surface area contributed by atoms with Gasteiger partial charge in [0, 0.05) is 34.0 Å². The van der Waals surface area contributed by atoms with Crippen LogP contribution in [0.4, 0.5) is 0 Å². The maximum Gasteiger partial charge on any atom is 0.337 e. The zero-order valence-corrected chi connectivity index (χ0v) is 20.7. The normalized spacial score (nSPS) is 21.0. The van der Waals surface area contributed by atoms with Crippen molar-refractivity contribution in [1.82, 2.24) is 5.32 Å². The molecule has 2 aliphatic rings. The van der Waals surface area contributed by atoms with E-state index in [9.17, 15) is 9.59 Å². The number of hydrogen-bond donors (Lipinski definition) is 1. The molecule has 5 nitrogen and oxygen atoms in total. The van der Waals surface area contributed by atoms with E-state index in [1.165, 1.54) is 0 Å². The molecule has 2 aromatic rings. The number of ether oxygens (including phenoxy) is 2. The van der Waals surface area contributed by atoms with Gasteiger partial charge in [0.15, 0.2) is 5.78 Å². The molecule has 1 N–H and O–H groups in total. The molecule has 0 saturated heterocycles. The Morgan fingerprint density at radius 2 is 1.85 bits per heavy atom. The fraction of sp³-hybridized carbons (Fsp3) is 0.357. The number of nitrogens with one attached hydrogen (secondary N) is 1. The van der Waals surface area contributed by atoms with Crippen LogP contribution in [-0.2, 0) is 14.3 Å². The number of allylic oxidation sites excluding steroid dienone is 3. The number of para-hydroxylation sites is 1. The SMILES string of the molecule is CCC(C)OC(=O)C1=C(C)NC2=C(C(=O)CC(c3ccc(Cl)cc3)C2)C1c1ccccc1OC. The van der Waals surface area contributed by atoms with Gasteiger partial charge in [-0.05, 0) is 56.4 Å². The van der Waals surface area contributed by atoms with Gasteiger partial charge in [-0.1, -0.05) is 48.9 Å². The molecule has 3 atom stereocenters. The number of halogens is 1. The minimum Gasteiger partial charge on any atom is -0.496 e. The first-order valence-electron chi connectivity index (χ1n) is 11.7. The van der Waals surface area contributed by atoms with Crippen LogP contribution < -0.4 is 10.1 Å². The van der Waals surface area contributed by atoms with E-state index in [1.807, 2.05) is 69.3 Å². The van der Waals surface area contributed by atoms with Crippen molar-refractivity contribution in [3.8, 4) is 5.75 Å². The summed E-state index contributed by atoms with van der Waals surface area (Å²) in [5, 5.41) is 4.06. The molecule has 0 bridgehead atoms. The van der Waals surface area contributed by atoms with Gasteiger partial charge < -0.3 is 14.8 Å². The topological polar surface area (TPSA) is 64.6 Å². The first kappa shape index (κ1) is 24.1. The summed E-state index contributed by atoms with van der Waals surface area (Å²) in [7, 11) is 1.60. The maximum atomic E-state index is 13.7. The molecule has 1 aliphatic carbocycles. The van der Waals surface area contributed by atoms with Crippen molar-refractivity contribution in [2.24, 2.45) is 0 Å². The second-order valence-electron chi connectivity index (χ2n) is 8.93. The average molecular weight is 480 g/mol. The van der Waals surface area contributed by atoms with Crippen LogP contribution in [0.15, 0.2) is 71.1 Å². The smallest absolute Gasteiger partial charge is 0.337 e. The first-order chi connectivity index (χ1) is 16.3. The number of carbonyl (C=O) groups is 2. The molecular formula is C28H30ClNO4. The van der Waals surface area contributed by atoms with Gasteiger partial charge in [-0.25, -0.2) is 4.79 Å². The van der Waals surface area contributed by atoms with E-state index >= 15 is 0 Å². The van der Waals surface area contributed by atoms with Crippen molar-refractivity contribution >= 4 is 23.4 Å². The highest BCUT2D eigenvalue weighted by Gasteiger charge is 2.42. The van der Waals surface area contributed by atoms with Crippen LogP contribution in [0.3, 0.4) is 0 Å². The number of rotatable bonds is 6. The number of dihydropyridines is 1. The largest absolute Gasteiger partial charge is 0.496 e. The van der Waals surface area contributed by atoms with Gasteiger partial charge in [-0.15, -0.1) is 0 Å². The zero-order chi connectivity index (χ0) is 24.4. The van der Waals surface area contributed by atoms with E-state index in [0.29, 0.717) is 46.9 Å². The van der Waals surface area contributed by atoms with E-state index in [2.05, 4.69) is 5.32 Å². The molecule has 0 spiro atoms. The summed E-state index contributed by atoms with van der Waals surface area (Å²) in [6.45, 7) is 5.71. The summed E-state index contributed by atoms with van der Waals surface area (Å²) < 4.78 is 11.4. The van der Waals surface area contributed by atoms with E-state index in [1.54, 1.807) is 7.11 Å². The fourth-order valence-electron chi connectivity index (χ4n) is 4.83. The highest BCUT2D eigenvalue weighted by atomic mass is 35.5. The third-order valence-corrected chi connectivity index (χ3v) is 6.97. The highest BCUT2D eigenvalue weighted by Crippen LogP contribution is 2.47. The van der Waals surface area contributed by atoms with Crippen LogP contribution in [0.5, 0.6) is 5.75 Å². The average Bonchev–Trinajstić information content (AvgIpc) is 2.83. The maximum absolute atomic E-state index is 13.7. The summed E-state index contributed by atoms with van der Waals surface area (Å²) in [4.78, 5) is 27.0. The summed E-state index contributed by atoms with van der Waals surface area (Å²) in [5.41, 5.74) is 4.49. The molecule has 1 heterocycles. The predicted octanol–water partition coefficient (Wildman–Crippen LogP) is 6.05. The molecule has 0 saturated carbocycles. The molecule has 3 unspecified atom stereocenters. The molecule has 1 aliphatic heterocycles. The van der Waals surface area contributed by atoms with Crippen molar-refractivity contribution in [2.45, 2.75) is 58.0 Å². The standard InChI is InChI=1S/C28H30ClNO4/c1-5-16(2)34-28(32)25-17(3)30-22-14-19(18-10-12-20(29)13-11-18)15-23(31)27(22)26(25)21-8-6-7-9-24(21)33-4/h6-13,16,19,26,30H,5,14-15H2,1-4H3. The van der Waals surface area contributed by atoms with Crippen LogP contribution in [0.2, 0.25) is 5.02 Å². The van der Waals surface area contributed by atoms with Crippen molar-refractivity contribution < 1.29 is 19.1 Å². The van der Waals surface area contributed by atoms with Crippen LogP contribution in [-0.4, -0.2) is 25.0 Å². The lowest BCUT2D eigenvalue weighted by Crippen LogP contribution is -2.36. The van der Waals surface area contributed by atoms with Gasteiger partial charge in [-0.2, -0.15) is 0 Å². The Kier molecular flexibility index (Phi) is 7.13. The summed E-state index contributed by atoms with van der Waals surface area (Å²) in [6.07, 6.45) is 1.51.